The van der Waals surface area contributed by atoms with E-state index in [1.807, 2.05) is 55.5 Å². The van der Waals surface area contributed by atoms with Crippen molar-refractivity contribution in [2.45, 2.75) is 25.6 Å². The van der Waals surface area contributed by atoms with E-state index in [4.69, 9.17) is 14.2 Å². The van der Waals surface area contributed by atoms with E-state index in [1.54, 1.807) is 7.11 Å². The highest BCUT2D eigenvalue weighted by Gasteiger charge is 2.54. The third-order valence-corrected chi connectivity index (χ3v) is 5.52. The lowest BCUT2D eigenvalue weighted by Crippen LogP contribution is -2.40. The second-order valence-corrected chi connectivity index (χ2v) is 7.42. The summed E-state index contributed by atoms with van der Waals surface area (Å²) in [7, 11) is 1.62. The van der Waals surface area contributed by atoms with Crippen LogP contribution < -0.4 is 20.1 Å². The van der Waals surface area contributed by atoms with Crippen LogP contribution in [0.5, 0.6) is 11.5 Å². The Bertz CT molecular complexity index is 817. The van der Waals surface area contributed by atoms with E-state index in [9.17, 15) is 4.79 Å². The molecule has 0 aromatic heterocycles. The van der Waals surface area contributed by atoms with Crippen LogP contribution in [0.1, 0.15) is 24.1 Å². The highest BCUT2D eigenvalue weighted by atomic mass is 16.5. The van der Waals surface area contributed by atoms with Gasteiger partial charge in [0.15, 0.2) is 11.5 Å². The summed E-state index contributed by atoms with van der Waals surface area (Å²) in [5, 5.41) is 6.05. The molecule has 4 rings (SSSR count). The zero-order valence-electron chi connectivity index (χ0n) is 16.2. The molecule has 2 fully saturated rings. The summed E-state index contributed by atoms with van der Waals surface area (Å²) in [6, 6.07) is 15.7. The molecule has 1 aliphatic heterocycles. The van der Waals surface area contributed by atoms with Crippen molar-refractivity contribution < 1.29 is 19.0 Å². The van der Waals surface area contributed by atoms with Gasteiger partial charge in [-0.05, 0) is 30.2 Å². The predicted molar refractivity (Wildman–Crippen MR) is 105 cm³/mol. The second kappa shape index (κ2) is 8.10. The highest BCUT2D eigenvalue weighted by molar-refractivity contribution is 5.75. The monoisotopic (exact) mass is 382 g/mol. The van der Waals surface area contributed by atoms with Crippen LogP contribution in [0.25, 0.3) is 0 Å². The molecule has 6 nitrogen and oxygen atoms in total. The molecule has 2 amide bonds. The fourth-order valence-electron chi connectivity index (χ4n) is 3.73. The molecule has 1 saturated heterocycles. The molecular formula is C22H26N2O4. The minimum Gasteiger partial charge on any atom is -0.493 e. The predicted octanol–water partition coefficient (Wildman–Crippen LogP) is 3.28. The van der Waals surface area contributed by atoms with Crippen molar-refractivity contribution in [3.8, 4) is 11.5 Å². The summed E-state index contributed by atoms with van der Waals surface area (Å²) in [6.07, 6.45) is 0. The van der Waals surface area contributed by atoms with E-state index in [0.29, 0.717) is 29.9 Å². The Labute approximate surface area is 165 Å². The second-order valence-electron chi connectivity index (χ2n) is 7.42. The quantitative estimate of drug-likeness (QED) is 0.771. The van der Waals surface area contributed by atoms with E-state index < -0.39 is 0 Å². The molecule has 1 aliphatic carbocycles. The molecule has 0 bridgehead atoms. The van der Waals surface area contributed by atoms with Gasteiger partial charge in [0.25, 0.3) is 0 Å². The van der Waals surface area contributed by atoms with Gasteiger partial charge in [0.05, 0.1) is 26.4 Å². The van der Waals surface area contributed by atoms with Crippen LogP contribution >= 0.6 is 0 Å². The number of hydrogen-bond donors (Lipinski definition) is 2. The number of methoxy groups -OCH3 is 1. The maximum absolute atomic E-state index is 12.3. The number of carbonyl (C=O) groups excluding carboxylic acids is 1. The van der Waals surface area contributed by atoms with Gasteiger partial charge in [-0.2, -0.15) is 0 Å². The number of hydrogen-bond acceptors (Lipinski definition) is 4. The lowest BCUT2D eigenvalue weighted by Gasteiger charge is -2.18. The number of carbonyl (C=O) groups is 1. The lowest BCUT2D eigenvalue weighted by molar-refractivity contribution is 0.156. The van der Waals surface area contributed by atoms with Crippen molar-refractivity contribution in [1.82, 2.24) is 10.6 Å². The molecule has 2 N–H and O–H groups in total. The molecule has 28 heavy (non-hydrogen) atoms. The summed E-state index contributed by atoms with van der Waals surface area (Å²) >= 11 is 0. The van der Waals surface area contributed by atoms with E-state index >= 15 is 0 Å². The summed E-state index contributed by atoms with van der Waals surface area (Å²) in [5.41, 5.74) is 2.05. The molecule has 1 saturated carbocycles. The molecule has 2 aromatic carbocycles. The number of amides is 2. The van der Waals surface area contributed by atoms with Gasteiger partial charge >= 0.3 is 6.03 Å². The molecule has 0 spiro atoms. The van der Waals surface area contributed by atoms with Crippen LogP contribution in [0.15, 0.2) is 48.5 Å². The van der Waals surface area contributed by atoms with Gasteiger partial charge < -0.3 is 24.8 Å². The first-order valence-corrected chi connectivity index (χ1v) is 9.65. The molecule has 1 heterocycles. The minimum absolute atomic E-state index is 0.143. The Morgan fingerprint density at radius 3 is 2.61 bits per heavy atom. The molecule has 6 heteroatoms. The number of urea groups is 1. The SMILES string of the molecule is COc1cc(C(C)NC(=O)NC2[C@H]3COC[C@@H]23)ccc1OCc1ccccc1. The Morgan fingerprint density at radius 2 is 1.89 bits per heavy atom. The van der Waals surface area contributed by atoms with Gasteiger partial charge in [0.1, 0.15) is 6.61 Å². The highest BCUT2D eigenvalue weighted by Crippen LogP contribution is 2.44. The molecule has 2 aliphatic rings. The first-order valence-electron chi connectivity index (χ1n) is 9.65. The Kier molecular flexibility index (Phi) is 5.39. The fourth-order valence-corrected chi connectivity index (χ4v) is 3.73. The Morgan fingerprint density at radius 1 is 1.14 bits per heavy atom. The smallest absolute Gasteiger partial charge is 0.315 e. The van der Waals surface area contributed by atoms with Crippen molar-refractivity contribution in [3.63, 3.8) is 0 Å². The van der Waals surface area contributed by atoms with Gasteiger partial charge in [-0.25, -0.2) is 4.79 Å². The molecular weight excluding hydrogens is 356 g/mol. The zero-order valence-corrected chi connectivity index (χ0v) is 16.2. The standard InChI is InChI=1S/C22H26N2O4/c1-14(23-22(25)24-21-17-12-27-13-18(17)21)16-8-9-19(20(10-16)26-2)28-11-15-6-4-3-5-7-15/h3-10,14,17-18,21H,11-13H2,1-2H3,(H2,23,24,25)/t14?,17-,18+,21?. The lowest BCUT2D eigenvalue weighted by atomic mass is 10.1. The Hall–Kier alpha value is -2.73. The van der Waals surface area contributed by atoms with Crippen molar-refractivity contribution in [3.05, 3.63) is 59.7 Å². The third-order valence-electron chi connectivity index (χ3n) is 5.52. The fraction of sp³-hybridized carbons (Fsp3) is 0.409. The number of rotatable bonds is 7. The van der Waals surface area contributed by atoms with Gasteiger partial charge in [-0.3, -0.25) is 0 Å². The van der Waals surface area contributed by atoms with Crippen molar-refractivity contribution in [1.29, 1.82) is 0 Å². The normalized spacial score (nSPS) is 23.4. The third kappa shape index (κ3) is 4.07. The number of nitrogens with one attached hydrogen (secondary N) is 2. The van der Waals surface area contributed by atoms with Gasteiger partial charge in [-0.1, -0.05) is 36.4 Å². The van der Waals surface area contributed by atoms with Crippen LogP contribution in [0.3, 0.4) is 0 Å². The maximum atomic E-state index is 12.3. The van der Waals surface area contributed by atoms with E-state index in [1.165, 1.54) is 0 Å². The van der Waals surface area contributed by atoms with Crippen LogP contribution in [0.2, 0.25) is 0 Å². The summed E-state index contributed by atoms with van der Waals surface area (Å²) in [4.78, 5) is 12.3. The summed E-state index contributed by atoms with van der Waals surface area (Å²) < 4.78 is 16.7. The average Bonchev–Trinajstić information content (AvgIpc) is 3.13. The van der Waals surface area contributed by atoms with Gasteiger partial charge in [0.2, 0.25) is 0 Å². The summed E-state index contributed by atoms with van der Waals surface area (Å²) in [5.74, 6) is 2.30. The average molecular weight is 382 g/mol. The zero-order chi connectivity index (χ0) is 19.5. The number of benzene rings is 2. The van der Waals surface area contributed by atoms with E-state index in [2.05, 4.69) is 10.6 Å². The van der Waals surface area contributed by atoms with Crippen LogP contribution in [-0.4, -0.2) is 32.4 Å². The molecule has 2 aromatic rings. The molecule has 4 atom stereocenters. The maximum Gasteiger partial charge on any atom is 0.315 e. The van der Waals surface area contributed by atoms with Crippen LogP contribution in [0.4, 0.5) is 4.79 Å². The van der Waals surface area contributed by atoms with Crippen LogP contribution in [0, 0.1) is 11.8 Å². The Balaban J connectivity index is 1.34. The van der Waals surface area contributed by atoms with Crippen molar-refractivity contribution in [2.24, 2.45) is 11.8 Å². The topological polar surface area (TPSA) is 68.8 Å². The molecule has 0 radical (unpaired) electrons. The first-order chi connectivity index (χ1) is 13.7. The van der Waals surface area contributed by atoms with Gasteiger partial charge in [0, 0.05) is 17.9 Å². The van der Waals surface area contributed by atoms with Crippen molar-refractivity contribution >= 4 is 6.03 Å². The number of ether oxygens (including phenoxy) is 3. The van der Waals surface area contributed by atoms with Crippen molar-refractivity contribution in [2.75, 3.05) is 20.3 Å². The van der Waals surface area contributed by atoms with Crippen LogP contribution in [-0.2, 0) is 11.3 Å². The number of fused-ring (bicyclic) bond motifs is 1. The first kappa shape index (κ1) is 18.6. The molecule has 2 unspecified atom stereocenters. The van der Waals surface area contributed by atoms with E-state index in [-0.39, 0.29) is 18.1 Å². The minimum atomic E-state index is -0.146. The molecule has 148 valence electrons. The van der Waals surface area contributed by atoms with Gasteiger partial charge in [-0.15, -0.1) is 0 Å². The summed E-state index contributed by atoms with van der Waals surface area (Å²) in [6.45, 7) is 3.94. The largest absolute Gasteiger partial charge is 0.493 e. The van der Waals surface area contributed by atoms with E-state index in [0.717, 1.165) is 24.3 Å².